The molecule has 0 bridgehead atoms. The first-order valence-corrected chi connectivity index (χ1v) is 9.13. The predicted molar refractivity (Wildman–Crippen MR) is 99.2 cm³/mol. The topological polar surface area (TPSA) is 50.2 Å². The molecular weight excluding hydrogens is 331 g/mol. The summed E-state index contributed by atoms with van der Waals surface area (Å²) in [6.45, 7) is 6.02. The fraction of sp³-hybridized carbons (Fsp3) is 0.500. The number of halogens is 1. The summed E-state index contributed by atoms with van der Waals surface area (Å²) in [4.78, 5) is 14.8. The van der Waals surface area contributed by atoms with Crippen LogP contribution < -0.4 is 5.32 Å². The highest BCUT2D eigenvalue weighted by Crippen LogP contribution is 2.30. The molecule has 6 heteroatoms. The summed E-state index contributed by atoms with van der Waals surface area (Å²) in [7, 11) is 1.84. The summed E-state index contributed by atoms with van der Waals surface area (Å²) >= 11 is 0. The van der Waals surface area contributed by atoms with Gasteiger partial charge in [-0.05, 0) is 42.4 Å². The number of amides is 2. The van der Waals surface area contributed by atoms with Gasteiger partial charge in [-0.1, -0.05) is 26.0 Å². The van der Waals surface area contributed by atoms with Gasteiger partial charge in [0.1, 0.15) is 5.82 Å². The molecule has 5 nitrogen and oxygen atoms in total. The Balaban J connectivity index is 1.79. The molecule has 1 N–H and O–H groups in total. The smallest absolute Gasteiger partial charge is 0.318 e. The number of likely N-dealkylation sites (tertiary alicyclic amines) is 1. The molecule has 26 heavy (non-hydrogen) atoms. The minimum atomic E-state index is -0.354. The summed E-state index contributed by atoms with van der Waals surface area (Å²) in [5, 5.41) is 7.33. The van der Waals surface area contributed by atoms with Crippen LogP contribution in [0.25, 0.3) is 0 Å². The van der Waals surface area contributed by atoms with Crippen LogP contribution in [0.5, 0.6) is 0 Å². The van der Waals surface area contributed by atoms with Crippen LogP contribution in [-0.2, 0) is 7.05 Å². The molecule has 0 spiro atoms. The summed E-state index contributed by atoms with van der Waals surface area (Å²) in [5.74, 6) is -0.292. The largest absolute Gasteiger partial charge is 0.327 e. The van der Waals surface area contributed by atoms with Crippen molar-refractivity contribution in [2.75, 3.05) is 13.1 Å². The van der Waals surface area contributed by atoms with E-state index in [4.69, 9.17) is 0 Å². The van der Waals surface area contributed by atoms with Crippen molar-refractivity contribution in [3.63, 3.8) is 0 Å². The highest BCUT2D eigenvalue weighted by molar-refractivity contribution is 5.75. The molecule has 1 atom stereocenters. The lowest BCUT2D eigenvalue weighted by Crippen LogP contribution is -2.42. The molecule has 140 valence electrons. The molecule has 3 rings (SSSR count). The molecule has 0 unspecified atom stereocenters. The number of carbonyl (C=O) groups excluding carboxylic acids is 1. The Morgan fingerprint density at radius 2 is 1.92 bits per heavy atom. The summed E-state index contributed by atoms with van der Waals surface area (Å²) in [5.41, 5.74) is 1.99. The maximum Gasteiger partial charge on any atom is 0.318 e. The molecule has 2 aromatic rings. The second-order valence-corrected chi connectivity index (χ2v) is 7.89. The summed E-state index contributed by atoms with van der Waals surface area (Å²) in [6.07, 6.45) is 6.74. The lowest BCUT2D eigenvalue weighted by atomic mass is 9.85. The average molecular weight is 358 g/mol. The molecule has 1 saturated heterocycles. The van der Waals surface area contributed by atoms with Crippen molar-refractivity contribution >= 4 is 6.03 Å². The van der Waals surface area contributed by atoms with Crippen LogP contribution in [0, 0.1) is 11.2 Å². The molecule has 1 aliphatic heterocycles. The van der Waals surface area contributed by atoms with Gasteiger partial charge in [-0.3, -0.25) is 4.68 Å². The Morgan fingerprint density at radius 1 is 1.19 bits per heavy atom. The van der Waals surface area contributed by atoms with E-state index in [9.17, 15) is 9.18 Å². The van der Waals surface area contributed by atoms with Crippen molar-refractivity contribution < 1.29 is 9.18 Å². The van der Waals surface area contributed by atoms with Gasteiger partial charge in [-0.15, -0.1) is 0 Å². The number of carbonyl (C=O) groups is 1. The van der Waals surface area contributed by atoms with Crippen LogP contribution in [0.2, 0.25) is 0 Å². The first-order chi connectivity index (χ1) is 12.3. The zero-order chi connectivity index (χ0) is 18.7. The van der Waals surface area contributed by atoms with Gasteiger partial charge < -0.3 is 10.2 Å². The molecular formula is C20H27FN4O. The van der Waals surface area contributed by atoms with Gasteiger partial charge >= 0.3 is 6.03 Å². The zero-order valence-corrected chi connectivity index (χ0v) is 15.7. The third kappa shape index (κ3) is 4.42. The second-order valence-electron chi connectivity index (χ2n) is 7.89. The van der Waals surface area contributed by atoms with Crippen molar-refractivity contribution in [1.82, 2.24) is 20.0 Å². The van der Waals surface area contributed by atoms with E-state index >= 15 is 0 Å². The van der Waals surface area contributed by atoms with Gasteiger partial charge in [-0.25, -0.2) is 9.18 Å². The van der Waals surface area contributed by atoms with Crippen molar-refractivity contribution in [3.8, 4) is 0 Å². The number of nitrogens with zero attached hydrogens (tertiary/aromatic N) is 3. The number of rotatable bonds is 3. The van der Waals surface area contributed by atoms with E-state index in [1.165, 1.54) is 12.1 Å². The minimum Gasteiger partial charge on any atom is -0.327 e. The maximum absolute atomic E-state index is 13.3. The third-order valence-electron chi connectivity index (χ3n) is 5.16. The molecule has 1 aliphatic rings. The molecule has 2 amide bonds. The number of nitrogens with one attached hydrogen (secondary N) is 1. The van der Waals surface area contributed by atoms with Crippen LogP contribution in [-0.4, -0.2) is 33.8 Å². The number of hydrogen-bond donors (Lipinski definition) is 1. The SMILES string of the molecule is Cn1cc([C@H](NC(=O)N2CCCC(C)(C)CC2)c2ccc(F)cc2)cn1. The molecule has 0 radical (unpaired) electrons. The number of aromatic nitrogens is 2. The Morgan fingerprint density at radius 3 is 2.58 bits per heavy atom. The van der Waals surface area contributed by atoms with Gasteiger partial charge in [0, 0.05) is 31.9 Å². The molecule has 1 fully saturated rings. The summed E-state index contributed by atoms with van der Waals surface area (Å²) < 4.78 is 15.0. The zero-order valence-electron chi connectivity index (χ0n) is 15.7. The monoisotopic (exact) mass is 358 g/mol. The predicted octanol–water partition coefficient (Wildman–Crippen LogP) is 3.87. The Bertz CT molecular complexity index is 753. The van der Waals surface area contributed by atoms with Gasteiger partial charge in [0.15, 0.2) is 0 Å². The molecule has 0 saturated carbocycles. The first kappa shape index (κ1) is 18.4. The Hall–Kier alpha value is -2.37. The van der Waals surface area contributed by atoms with E-state index in [0.29, 0.717) is 0 Å². The van der Waals surface area contributed by atoms with Crippen LogP contribution in [0.15, 0.2) is 36.7 Å². The standard InChI is InChI=1S/C20H27FN4O/c1-20(2)9-4-11-25(12-10-20)19(26)23-18(16-13-22-24(3)14-16)15-5-7-17(21)8-6-15/h5-8,13-14,18H,4,9-12H2,1-3H3,(H,23,26)/t18-/m1/s1. The average Bonchev–Trinajstić information content (AvgIpc) is 2.93. The summed E-state index contributed by atoms with van der Waals surface area (Å²) in [6, 6.07) is 5.81. The van der Waals surface area contributed by atoms with Gasteiger partial charge in [0.2, 0.25) is 0 Å². The van der Waals surface area contributed by atoms with E-state index in [1.807, 2.05) is 18.1 Å². The highest BCUT2D eigenvalue weighted by Gasteiger charge is 2.27. The maximum atomic E-state index is 13.3. The van der Waals surface area contributed by atoms with Crippen LogP contribution in [0.1, 0.15) is 50.3 Å². The van der Waals surface area contributed by atoms with Gasteiger partial charge in [0.25, 0.3) is 0 Å². The fourth-order valence-corrected chi connectivity index (χ4v) is 3.44. The fourth-order valence-electron chi connectivity index (χ4n) is 3.44. The number of benzene rings is 1. The lowest BCUT2D eigenvalue weighted by Gasteiger charge is -2.26. The van der Waals surface area contributed by atoms with Crippen LogP contribution in [0.4, 0.5) is 9.18 Å². The Kier molecular flexibility index (Phi) is 5.30. The molecule has 0 aliphatic carbocycles. The number of urea groups is 1. The van der Waals surface area contributed by atoms with Gasteiger partial charge in [-0.2, -0.15) is 5.10 Å². The quantitative estimate of drug-likeness (QED) is 0.905. The second kappa shape index (κ2) is 7.48. The number of hydrogen-bond acceptors (Lipinski definition) is 2. The van der Waals surface area contributed by atoms with Crippen molar-refractivity contribution in [1.29, 1.82) is 0 Å². The van der Waals surface area contributed by atoms with E-state index in [0.717, 1.165) is 43.5 Å². The van der Waals surface area contributed by atoms with Crippen LogP contribution in [0.3, 0.4) is 0 Å². The highest BCUT2D eigenvalue weighted by atomic mass is 19.1. The van der Waals surface area contributed by atoms with E-state index < -0.39 is 0 Å². The van der Waals surface area contributed by atoms with Crippen molar-refractivity contribution in [3.05, 3.63) is 53.6 Å². The van der Waals surface area contributed by atoms with E-state index in [-0.39, 0.29) is 23.3 Å². The normalized spacial score (nSPS) is 18.2. The van der Waals surface area contributed by atoms with Crippen molar-refractivity contribution in [2.45, 2.75) is 39.2 Å². The lowest BCUT2D eigenvalue weighted by molar-refractivity contribution is 0.195. The van der Waals surface area contributed by atoms with Crippen molar-refractivity contribution in [2.24, 2.45) is 12.5 Å². The third-order valence-corrected chi connectivity index (χ3v) is 5.16. The van der Waals surface area contributed by atoms with E-state index in [1.54, 1.807) is 23.0 Å². The van der Waals surface area contributed by atoms with Gasteiger partial charge in [0.05, 0.1) is 12.2 Å². The Labute approximate surface area is 154 Å². The molecule has 1 aromatic heterocycles. The molecule has 1 aromatic carbocycles. The van der Waals surface area contributed by atoms with Crippen LogP contribution >= 0.6 is 0 Å². The first-order valence-electron chi connectivity index (χ1n) is 9.13. The minimum absolute atomic E-state index is 0.0825. The van der Waals surface area contributed by atoms with E-state index in [2.05, 4.69) is 24.3 Å². The molecule has 2 heterocycles. The number of aryl methyl sites for hydroxylation is 1.